The predicted octanol–water partition coefficient (Wildman–Crippen LogP) is 2.88. The van der Waals surface area contributed by atoms with Gasteiger partial charge in [0.15, 0.2) is 11.5 Å². The maximum atomic E-state index is 5.40. The number of hydrogen-bond acceptors (Lipinski definition) is 7. The van der Waals surface area contributed by atoms with Gasteiger partial charge in [-0.1, -0.05) is 6.07 Å². The Kier molecular flexibility index (Phi) is 5.23. The molecule has 0 saturated carbocycles. The van der Waals surface area contributed by atoms with Gasteiger partial charge in [-0.25, -0.2) is 9.97 Å². The van der Waals surface area contributed by atoms with Gasteiger partial charge in [0.2, 0.25) is 0 Å². The second-order valence-electron chi connectivity index (χ2n) is 6.49. The summed E-state index contributed by atoms with van der Waals surface area (Å²) in [6.45, 7) is 3.56. The molecule has 7 heteroatoms. The molecule has 4 rings (SSSR count). The number of piperazine rings is 1. The fourth-order valence-corrected chi connectivity index (χ4v) is 3.35. The van der Waals surface area contributed by atoms with Crippen molar-refractivity contribution in [1.82, 2.24) is 15.0 Å². The van der Waals surface area contributed by atoms with Crippen LogP contribution in [0.5, 0.6) is 11.5 Å². The summed E-state index contributed by atoms with van der Waals surface area (Å²) >= 11 is 0. The summed E-state index contributed by atoms with van der Waals surface area (Å²) in [4.78, 5) is 18.2. The van der Waals surface area contributed by atoms with Gasteiger partial charge >= 0.3 is 0 Å². The van der Waals surface area contributed by atoms with Gasteiger partial charge in [-0.05, 0) is 30.3 Å². The van der Waals surface area contributed by atoms with Crippen molar-refractivity contribution in [2.45, 2.75) is 0 Å². The Labute approximate surface area is 164 Å². The zero-order valence-electron chi connectivity index (χ0n) is 16.1. The molecule has 1 aliphatic heterocycles. The third-order valence-corrected chi connectivity index (χ3v) is 4.88. The highest BCUT2D eigenvalue weighted by molar-refractivity contribution is 5.64. The molecule has 7 nitrogen and oxygen atoms in total. The van der Waals surface area contributed by atoms with E-state index in [1.54, 1.807) is 20.4 Å². The highest BCUT2D eigenvalue weighted by Gasteiger charge is 2.19. The molecule has 3 heterocycles. The number of aromatic nitrogens is 3. The van der Waals surface area contributed by atoms with Crippen LogP contribution in [0.2, 0.25) is 0 Å². The van der Waals surface area contributed by atoms with Gasteiger partial charge in [-0.15, -0.1) is 0 Å². The minimum atomic E-state index is 0.677. The molecule has 0 radical (unpaired) electrons. The number of pyridine rings is 1. The Bertz CT molecular complexity index is 927. The third-order valence-electron chi connectivity index (χ3n) is 4.88. The number of methoxy groups -OCH3 is 2. The van der Waals surface area contributed by atoms with Crippen LogP contribution in [-0.2, 0) is 0 Å². The number of anilines is 2. The largest absolute Gasteiger partial charge is 0.493 e. The van der Waals surface area contributed by atoms with Gasteiger partial charge in [-0.2, -0.15) is 0 Å². The summed E-state index contributed by atoms with van der Waals surface area (Å²) in [7, 11) is 3.26. The third kappa shape index (κ3) is 3.69. The van der Waals surface area contributed by atoms with Crippen molar-refractivity contribution in [2.24, 2.45) is 0 Å². The van der Waals surface area contributed by atoms with E-state index in [4.69, 9.17) is 14.5 Å². The summed E-state index contributed by atoms with van der Waals surface area (Å²) in [5.74, 6) is 3.28. The van der Waals surface area contributed by atoms with Gasteiger partial charge in [0.05, 0.1) is 32.3 Å². The topological polar surface area (TPSA) is 63.6 Å². The minimum Gasteiger partial charge on any atom is -0.493 e. The first-order valence-electron chi connectivity index (χ1n) is 9.24. The molecular weight excluding hydrogens is 354 g/mol. The molecule has 2 aromatic heterocycles. The second kappa shape index (κ2) is 8.12. The van der Waals surface area contributed by atoms with Crippen LogP contribution in [0.3, 0.4) is 0 Å². The molecule has 0 atom stereocenters. The Morgan fingerprint density at radius 3 is 2.25 bits per heavy atom. The molecule has 1 aliphatic rings. The number of benzene rings is 1. The summed E-state index contributed by atoms with van der Waals surface area (Å²) in [6, 6.07) is 11.8. The summed E-state index contributed by atoms with van der Waals surface area (Å²) in [6.07, 6.45) is 5.43. The maximum absolute atomic E-state index is 5.40. The average Bonchev–Trinajstić information content (AvgIpc) is 2.79. The van der Waals surface area contributed by atoms with Gasteiger partial charge < -0.3 is 19.3 Å². The van der Waals surface area contributed by atoms with Crippen LogP contribution in [-0.4, -0.2) is 55.4 Å². The molecule has 28 heavy (non-hydrogen) atoms. The van der Waals surface area contributed by atoms with E-state index >= 15 is 0 Å². The van der Waals surface area contributed by atoms with E-state index in [0.29, 0.717) is 11.5 Å². The normalized spacial score (nSPS) is 14.1. The van der Waals surface area contributed by atoms with Gasteiger partial charge in [0.1, 0.15) is 11.6 Å². The molecule has 1 fully saturated rings. The first kappa shape index (κ1) is 18.0. The molecule has 0 aliphatic carbocycles. The van der Waals surface area contributed by atoms with E-state index in [-0.39, 0.29) is 0 Å². The lowest BCUT2D eigenvalue weighted by Crippen LogP contribution is -2.47. The van der Waals surface area contributed by atoms with Crippen LogP contribution >= 0.6 is 0 Å². The van der Waals surface area contributed by atoms with Crippen LogP contribution in [0.25, 0.3) is 11.3 Å². The quantitative estimate of drug-likeness (QED) is 0.677. The van der Waals surface area contributed by atoms with E-state index in [0.717, 1.165) is 49.1 Å². The van der Waals surface area contributed by atoms with Crippen LogP contribution in [0.15, 0.2) is 55.0 Å². The van der Waals surface area contributed by atoms with Crippen LogP contribution < -0.4 is 19.3 Å². The van der Waals surface area contributed by atoms with Gasteiger partial charge in [-0.3, -0.25) is 4.98 Å². The lowest BCUT2D eigenvalue weighted by molar-refractivity contribution is 0.355. The summed E-state index contributed by atoms with van der Waals surface area (Å²) in [5, 5.41) is 0. The molecule has 0 bridgehead atoms. The van der Waals surface area contributed by atoms with E-state index < -0.39 is 0 Å². The first-order valence-corrected chi connectivity index (χ1v) is 9.24. The Morgan fingerprint density at radius 2 is 1.57 bits per heavy atom. The molecule has 3 aromatic rings. The zero-order chi connectivity index (χ0) is 19.3. The Balaban J connectivity index is 1.50. The van der Waals surface area contributed by atoms with Crippen LogP contribution in [0.1, 0.15) is 0 Å². The molecule has 1 aromatic carbocycles. The minimum absolute atomic E-state index is 0.677. The summed E-state index contributed by atoms with van der Waals surface area (Å²) in [5.41, 5.74) is 1.75. The van der Waals surface area contributed by atoms with Crippen molar-refractivity contribution in [3.05, 3.63) is 55.0 Å². The highest BCUT2D eigenvalue weighted by Crippen LogP contribution is 2.32. The average molecular weight is 377 g/mol. The SMILES string of the molecule is COc1ccc(-c2cncc(N3CCN(c4ccccn4)CC3)n2)cc1OC. The lowest BCUT2D eigenvalue weighted by atomic mass is 10.1. The molecular formula is C21H23N5O2. The van der Waals surface area contributed by atoms with Gasteiger partial charge in [0, 0.05) is 37.9 Å². The molecule has 0 N–H and O–H groups in total. The standard InChI is InChI=1S/C21H23N5O2/c1-27-18-7-6-16(13-19(18)28-2)17-14-22-15-21(24-17)26-11-9-25(10-12-26)20-5-3-4-8-23-20/h3-8,13-15H,9-12H2,1-2H3. The van der Waals surface area contributed by atoms with Gasteiger partial charge in [0.25, 0.3) is 0 Å². The van der Waals surface area contributed by atoms with Crippen molar-refractivity contribution >= 4 is 11.6 Å². The molecule has 144 valence electrons. The number of nitrogens with zero attached hydrogens (tertiary/aromatic N) is 5. The predicted molar refractivity (Wildman–Crippen MR) is 109 cm³/mol. The van der Waals surface area contributed by atoms with Crippen molar-refractivity contribution in [3.8, 4) is 22.8 Å². The van der Waals surface area contributed by atoms with Crippen molar-refractivity contribution < 1.29 is 9.47 Å². The van der Waals surface area contributed by atoms with Crippen LogP contribution in [0, 0.1) is 0 Å². The van der Waals surface area contributed by atoms with Crippen molar-refractivity contribution in [2.75, 3.05) is 50.2 Å². The molecule has 0 amide bonds. The molecule has 1 saturated heterocycles. The molecule has 0 unspecified atom stereocenters. The maximum Gasteiger partial charge on any atom is 0.161 e. The number of hydrogen-bond donors (Lipinski definition) is 0. The van der Waals surface area contributed by atoms with Crippen LogP contribution in [0.4, 0.5) is 11.6 Å². The Morgan fingerprint density at radius 1 is 0.821 bits per heavy atom. The second-order valence-corrected chi connectivity index (χ2v) is 6.49. The van der Waals surface area contributed by atoms with E-state index in [9.17, 15) is 0 Å². The highest BCUT2D eigenvalue weighted by atomic mass is 16.5. The van der Waals surface area contributed by atoms with E-state index in [1.165, 1.54) is 0 Å². The van der Waals surface area contributed by atoms with Crippen molar-refractivity contribution in [1.29, 1.82) is 0 Å². The smallest absolute Gasteiger partial charge is 0.161 e. The fraction of sp³-hybridized carbons (Fsp3) is 0.286. The van der Waals surface area contributed by atoms with Crippen molar-refractivity contribution in [3.63, 3.8) is 0 Å². The first-order chi connectivity index (χ1) is 13.8. The number of ether oxygens (including phenoxy) is 2. The van der Waals surface area contributed by atoms with E-state index in [1.807, 2.05) is 48.8 Å². The van der Waals surface area contributed by atoms with E-state index in [2.05, 4.69) is 19.8 Å². The zero-order valence-corrected chi connectivity index (χ0v) is 16.1. The summed E-state index contributed by atoms with van der Waals surface area (Å²) < 4.78 is 10.7. The Hall–Kier alpha value is -3.35. The lowest BCUT2D eigenvalue weighted by Gasteiger charge is -2.36. The fourth-order valence-electron chi connectivity index (χ4n) is 3.35. The molecule has 0 spiro atoms. The monoisotopic (exact) mass is 377 g/mol. The number of rotatable bonds is 5.